The van der Waals surface area contributed by atoms with E-state index in [0.717, 1.165) is 22.9 Å². The van der Waals surface area contributed by atoms with Crippen LogP contribution < -0.4 is 5.32 Å². The van der Waals surface area contributed by atoms with Crippen LogP contribution in [0.4, 0.5) is 11.5 Å². The number of aromatic nitrogens is 5. The molecule has 1 amide bonds. The second-order valence-electron chi connectivity index (χ2n) is 7.28. The number of carbonyl (C=O) groups is 1. The molecule has 1 aromatic carbocycles. The predicted molar refractivity (Wildman–Crippen MR) is 111 cm³/mol. The first-order valence-electron chi connectivity index (χ1n) is 9.62. The number of hydrogen-bond acceptors (Lipinski definition) is 7. The SMILES string of the molecule is O=C(c1c(O)cc(O)cc1Nc1ccnn1Cc1cccnc1)N1Cc2cn[nH]c2C1. The first-order valence-corrected chi connectivity index (χ1v) is 9.62. The smallest absolute Gasteiger partial charge is 0.260 e. The number of carbonyl (C=O) groups excluding carboxylic acids is 1. The Bertz CT molecular complexity index is 1230. The predicted octanol–water partition coefficient (Wildman–Crippen LogP) is 2.36. The average molecular weight is 417 g/mol. The third-order valence-corrected chi connectivity index (χ3v) is 5.16. The number of phenolic OH excluding ortho intramolecular Hbond substituents is 2. The van der Waals surface area contributed by atoms with E-state index in [1.165, 1.54) is 6.07 Å². The third-order valence-electron chi connectivity index (χ3n) is 5.16. The minimum absolute atomic E-state index is 0.0741. The molecule has 0 radical (unpaired) electrons. The Morgan fingerprint density at radius 3 is 2.87 bits per heavy atom. The number of aromatic hydroxyl groups is 2. The molecular formula is C21H19N7O3. The summed E-state index contributed by atoms with van der Waals surface area (Å²) in [5.74, 6) is -0.230. The highest BCUT2D eigenvalue weighted by Crippen LogP contribution is 2.35. The van der Waals surface area contributed by atoms with Gasteiger partial charge in [-0.3, -0.25) is 14.9 Å². The van der Waals surface area contributed by atoms with E-state index in [-0.39, 0.29) is 28.7 Å². The van der Waals surface area contributed by atoms with E-state index in [4.69, 9.17) is 0 Å². The number of amides is 1. The Morgan fingerprint density at radius 1 is 1.16 bits per heavy atom. The number of benzene rings is 1. The maximum absolute atomic E-state index is 13.3. The molecule has 1 aliphatic heterocycles. The zero-order valence-corrected chi connectivity index (χ0v) is 16.4. The van der Waals surface area contributed by atoms with E-state index < -0.39 is 0 Å². The number of phenols is 2. The van der Waals surface area contributed by atoms with Crippen molar-refractivity contribution in [3.05, 3.63) is 77.5 Å². The zero-order chi connectivity index (χ0) is 21.4. The van der Waals surface area contributed by atoms with Crippen molar-refractivity contribution < 1.29 is 15.0 Å². The van der Waals surface area contributed by atoms with Crippen molar-refractivity contribution >= 4 is 17.4 Å². The second-order valence-corrected chi connectivity index (χ2v) is 7.28. The first-order chi connectivity index (χ1) is 15.1. The number of nitrogens with zero attached hydrogens (tertiary/aromatic N) is 5. The standard InChI is InChI=1S/C21H19N7O3/c29-15-6-16(25-19-3-5-24-28(19)10-13-2-1-4-22-8-13)20(18(30)7-15)21(31)27-11-14-9-23-26-17(14)12-27/h1-9,25,29-30H,10-12H2,(H,23,26). The van der Waals surface area contributed by atoms with Crippen molar-refractivity contribution in [1.82, 2.24) is 29.9 Å². The van der Waals surface area contributed by atoms with Crippen LogP contribution in [0.5, 0.6) is 11.5 Å². The lowest BCUT2D eigenvalue weighted by Crippen LogP contribution is -2.26. The highest BCUT2D eigenvalue weighted by atomic mass is 16.3. The largest absolute Gasteiger partial charge is 0.508 e. The van der Waals surface area contributed by atoms with Crippen molar-refractivity contribution in [2.75, 3.05) is 5.32 Å². The number of nitrogens with one attached hydrogen (secondary N) is 2. The third kappa shape index (κ3) is 3.54. The van der Waals surface area contributed by atoms with E-state index in [9.17, 15) is 15.0 Å². The summed E-state index contributed by atoms with van der Waals surface area (Å²) >= 11 is 0. The zero-order valence-electron chi connectivity index (χ0n) is 16.4. The van der Waals surface area contributed by atoms with Crippen molar-refractivity contribution in [3.63, 3.8) is 0 Å². The van der Waals surface area contributed by atoms with Gasteiger partial charge in [0.1, 0.15) is 22.9 Å². The second kappa shape index (κ2) is 7.48. The Kier molecular flexibility index (Phi) is 4.51. The normalized spacial score (nSPS) is 12.7. The highest BCUT2D eigenvalue weighted by Gasteiger charge is 2.29. The molecule has 10 nitrogen and oxygen atoms in total. The summed E-state index contributed by atoms with van der Waals surface area (Å²) in [4.78, 5) is 19.0. The molecule has 4 heterocycles. The lowest BCUT2D eigenvalue weighted by molar-refractivity contribution is 0.0747. The van der Waals surface area contributed by atoms with Gasteiger partial charge in [-0.2, -0.15) is 10.2 Å². The van der Waals surface area contributed by atoms with Crippen LogP contribution in [0.2, 0.25) is 0 Å². The molecule has 0 fully saturated rings. The molecule has 1 aliphatic rings. The minimum atomic E-state index is -0.358. The number of fused-ring (bicyclic) bond motifs is 1. The van der Waals surface area contributed by atoms with Gasteiger partial charge in [0, 0.05) is 42.7 Å². The number of pyridine rings is 1. The minimum Gasteiger partial charge on any atom is -0.508 e. The Labute approximate surface area is 176 Å². The lowest BCUT2D eigenvalue weighted by Gasteiger charge is -2.20. The van der Waals surface area contributed by atoms with E-state index in [2.05, 4.69) is 25.6 Å². The van der Waals surface area contributed by atoms with Gasteiger partial charge < -0.3 is 20.4 Å². The molecule has 3 aromatic heterocycles. The quantitative estimate of drug-likeness (QED) is 0.392. The summed E-state index contributed by atoms with van der Waals surface area (Å²) in [5, 5.41) is 34.9. The molecule has 5 rings (SSSR count). The van der Waals surface area contributed by atoms with E-state index in [1.807, 2.05) is 12.1 Å². The number of aromatic amines is 1. The summed E-state index contributed by atoms with van der Waals surface area (Å²) in [6, 6.07) is 8.09. The molecule has 0 saturated heterocycles. The Balaban J connectivity index is 1.45. The van der Waals surface area contributed by atoms with Gasteiger partial charge in [0.2, 0.25) is 0 Å². The van der Waals surface area contributed by atoms with Gasteiger partial charge in [-0.1, -0.05) is 6.07 Å². The number of anilines is 2. The van der Waals surface area contributed by atoms with Crippen molar-refractivity contribution in [3.8, 4) is 11.5 Å². The Hall–Kier alpha value is -4.34. The molecule has 31 heavy (non-hydrogen) atoms. The first kappa shape index (κ1) is 18.7. The summed E-state index contributed by atoms with van der Waals surface area (Å²) in [7, 11) is 0. The molecule has 0 spiro atoms. The van der Waals surface area contributed by atoms with Crippen LogP contribution in [0.3, 0.4) is 0 Å². The van der Waals surface area contributed by atoms with Gasteiger partial charge in [-0.05, 0) is 11.6 Å². The van der Waals surface area contributed by atoms with Crippen LogP contribution in [0.25, 0.3) is 0 Å². The van der Waals surface area contributed by atoms with Gasteiger partial charge in [-0.15, -0.1) is 0 Å². The fourth-order valence-electron chi connectivity index (χ4n) is 3.67. The molecule has 4 aromatic rings. The number of H-pyrrole nitrogens is 1. The van der Waals surface area contributed by atoms with Gasteiger partial charge >= 0.3 is 0 Å². The van der Waals surface area contributed by atoms with Gasteiger partial charge in [0.25, 0.3) is 5.91 Å². The van der Waals surface area contributed by atoms with Gasteiger partial charge in [-0.25, -0.2) is 4.68 Å². The van der Waals surface area contributed by atoms with Crippen LogP contribution in [-0.4, -0.2) is 46.0 Å². The van der Waals surface area contributed by atoms with Crippen LogP contribution in [0.15, 0.2) is 55.1 Å². The van der Waals surface area contributed by atoms with Crippen molar-refractivity contribution in [2.24, 2.45) is 0 Å². The molecule has 0 atom stereocenters. The molecule has 4 N–H and O–H groups in total. The molecule has 156 valence electrons. The van der Waals surface area contributed by atoms with Gasteiger partial charge in [0.05, 0.1) is 36.9 Å². The molecule has 0 aliphatic carbocycles. The van der Waals surface area contributed by atoms with Crippen molar-refractivity contribution in [2.45, 2.75) is 19.6 Å². The number of rotatable bonds is 5. The summed E-state index contributed by atoms with van der Waals surface area (Å²) in [6.07, 6.45) is 6.76. The fourth-order valence-corrected chi connectivity index (χ4v) is 3.67. The van der Waals surface area contributed by atoms with Crippen LogP contribution in [0.1, 0.15) is 27.2 Å². The van der Waals surface area contributed by atoms with Crippen LogP contribution in [-0.2, 0) is 19.6 Å². The fraction of sp³-hybridized carbons (Fsp3) is 0.143. The molecule has 0 unspecified atom stereocenters. The average Bonchev–Trinajstić information content (AvgIpc) is 3.45. The highest BCUT2D eigenvalue weighted by molar-refractivity contribution is 6.03. The van der Waals surface area contributed by atoms with E-state index in [0.29, 0.717) is 25.5 Å². The van der Waals surface area contributed by atoms with Crippen molar-refractivity contribution in [1.29, 1.82) is 0 Å². The molecule has 10 heteroatoms. The summed E-state index contributed by atoms with van der Waals surface area (Å²) < 4.78 is 1.71. The topological polar surface area (TPSA) is 132 Å². The molecule has 0 saturated carbocycles. The summed E-state index contributed by atoms with van der Waals surface area (Å²) in [6.45, 7) is 1.22. The monoisotopic (exact) mass is 417 g/mol. The van der Waals surface area contributed by atoms with E-state index in [1.54, 1.807) is 40.4 Å². The number of hydrogen-bond donors (Lipinski definition) is 4. The molecular weight excluding hydrogens is 398 g/mol. The maximum Gasteiger partial charge on any atom is 0.260 e. The van der Waals surface area contributed by atoms with E-state index >= 15 is 0 Å². The lowest BCUT2D eigenvalue weighted by atomic mass is 10.1. The van der Waals surface area contributed by atoms with Crippen LogP contribution >= 0.6 is 0 Å². The van der Waals surface area contributed by atoms with Gasteiger partial charge in [0.15, 0.2) is 0 Å². The van der Waals surface area contributed by atoms with Crippen LogP contribution in [0, 0.1) is 0 Å². The summed E-state index contributed by atoms with van der Waals surface area (Å²) in [5.41, 5.74) is 3.12. The maximum atomic E-state index is 13.3. The Morgan fingerprint density at radius 2 is 2.06 bits per heavy atom. The molecule has 0 bridgehead atoms.